The van der Waals surface area contributed by atoms with E-state index in [1.54, 1.807) is 6.92 Å². The first-order chi connectivity index (χ1) is 18.5. The largest absolute Gasteiger partial charge is 0.604 e. The fourth-order valence-electron chi connectivity index (χ4n) is 6.27. The quantitative estimate of drug-likeness (QED) is 0.460. The number of ketones is 1. The molecule has 10 nitrogen and oxygen atoms in total. The highest BCUT2D eigenvalue weighted by Gasteiger charge is 2.71. The Morgan fingerprint density at radius 3 is 2.49 bits per heavy atom. The third-order valence-electron chi connectivity index (χ3n) is 8.55. The van der Waals surface area contributed by atoms with Crippen molar-refractivity contribution in [3.8, 4) is 0 Å². The molecular weight excluding hydrogens is 499 g/mol. The molecular formula is C28H37BN4O6. The van der Waals surface area contributed by atoms with Crippen molar-refractivity contribution in [2.75, 3.05) is 7.05 Å². The number of nitrogens with zero attached hydrogens (tertiary/aromatic N) is 3. The lowest BCUT2D eigenvalue weighted by Crippen LogP contribution is -2.76. The lowest BCUT2D eigenvalue weighted by molar-refractivity contribution is -0.861. The molecule has 0 saturated carbocycles. The number of aromatic nitrogens is 2. The second-order valence-electron chi connectivity index (χ2n) is 11.5. The Morgan fingerprint density at radius 2 is 1.85 bits per heavy atom. The highest BCUT2D eigenvalue weighted by Crippen LogP contribution is 2.49. The number of Topliss-reactive ketones (excluding diaryl/α,β-unsaturated/α-hetero) is 1. The molecule has 0 aliphatic carbocycles. The third-order valence-corrected chi connectivity index (χ3v) is 8.55. The van der Waals surface area contributed by atoms with Crippen LogP contribution in [0, 0.1) is 5.92 Å². The molecule has 2 fully saturated rings. The van der Waals surface area contributed by atoms with E-state index in [2.05, 4.69) is 15.3 Å². The first-order valence-electron chi connectivity index (χ1n) is 13.6. The molecule has 1 aromatic carbocycles. The number of amides is 1. The number of likely N-dealkylation sites (N-methyl/N-ethyl adjacent to an activating group) is 1. The van der Waals surface area contributed by atoms with Gasteiger partial charge >= 0.3 is 12.7 Å². The molecule has 1 amide bonds. The Hall–Kier alpha value is -3.60. The molecule has 2 saturated heterocycles. The zero-order valence-corrected chi connectivity index (χ0v) is 23.2. The maximum Gasteiger partial charge on any atom is 0.587 e. The van der Waals surface area contributed by atoms with Gasteiger partial charge in [-0.15, -0.1) is 0 Å². The summed E-state index contributed by atoms with van der Waals surface area (Å²) in [6.45, 7) is 5.20. The summed E-state index contributed by atoms with van der Waals surface area (Å²) in [6.07, 6.45) is 5.10. The smallest absolute Gasteiger partial charge is 0.587 e. The van der Waals surface area contributed by atoms with Gasteiger partial charge in [0.05, 0.1) is 24.7 Å². The van der Waals surface area contributed by atoms with Gasteiger partial charge in [-0.2, -0.15) is 0 Å². The van der Waals surface area contributed by atoms with Crippen LogP contribution in [0.3, 0.4) is 0 Å². The van der Waals surface area contributed by atoms with Crippen molar-refractivity contribution in [1.29, 1.82) is 0 Å². The predicted octanol–water partition coefficient (Wildman–Crippen LogP) is 2.86. The van der Waals surface area contributed by atoms with E-state index in [9.17, 15) is 19.2 Å². The zero-order valence-electron chi connectivity index (χ0n) is 23.2. The molecule has 2 aromatic rings. The fraction of sp³-hybridized carbons (Fsp3) is 0.500. The van der Waals surface area contributed by atoms with E-state index >= 15 is 0 Å². The van der Waals surface area contributed by atoms with Gasteiger partial charge in [-0.05, 0) is 44.0 Å². The lowest BCUT2D eigenvalue weighted by Gasteiger charge is -2.59. The monoisotopic (exact) mass is 536 g/mol. The van der Waals surface area contributed by atoms with Crippen molar-refractivity contribution < 1.29 is 32.9 Å². The van der Waals surface area contributed by atoms with Crippen LogP contribution >= 0.6 is 0 Å². The van der Waals surface area contributed by atoms with Crippen LogP contribution in [0.15, 0.2) is 48.9 Å². The molecule has 11 heteroatoms. The minimum Gasteiger partial charge on any atom is -0.604 e. The first kappa shape index (κ1) is 28.4. The summed E-state index contributed by atoms with van der Waals surface area (Å²) in [5.41, 5.74) is 0.973. The average Bonchev–Trinajstić information content (AvgIpc) is 3.10. The summed E-state index contributed by atoms with van der Waals surface area (Å²) in [7, 11) is 1.89. The molecule has 0 spiro atoms. The van der Waals surface area contributed by atoms with Crippen molar-refractivity contribution in [2.45, 2.75) is 77.3 Å². The van der Waals surface area contributed by atoms with Gasteiger partial charge in [0.2, 0.25) is 0 Å². The van der Waals surface area contributed by atoms with Crippen LogP contribution in [-0.2, 0) is 30.1 Å². The van der Waals surface area contributed by atoms with Crippen LogP contribution in [0.5, 0.6) is 0 Å². The fourth-order valence-corrected chi connectivity index (χ4v) is 6.27. The molecule has 0 radical (unpaired) electrons. The topological polar surface area (TPSA) is 125 Å². The minimum absolute atomic E-state index is 0.0374. The van der Waals surface area contributed by atoms with Crippen molar-refractivity contribution in [3.63, 3.8) is 0 Å². The van der Waals surface area contributed by atoms with Gasteiger partial charge in [0.15, 0.2) is 5.78 Å². The van der Waals surface area contributed by atoms with Crippen molar-refractivity contribution in [1.82, 2.24) is 15.3 Å². The molecule has 2 unspecified atom stereocenters. The average molecular weight is 536 g/mol. The summed E-state index contributed by atoms with van der Waals surface area (Å²) in [5.74, 6) is -2.06. The van der Waals surface area contributed by atoms with Crippen LogP contribution in [0.2, 0.25) is 5.82 Å². The molecule has 208 valence electrons. The van der Waals surface area contributed by atoms with Gasteiger partial charge in [0.25, 0.3) is 11.9 Å². The number of benzene rings is 1. The van der Waals surface area contributed by atoms with E-state index in [1.165, 1.54) is 18.6 Å². The number of nitrogens with one attached hydrogen (secondary N) is 1. The maximum absolute atomic E-state index is 14.0. The van der Waals surface area contributed by atoms with Gasteiger partial charge in [-0.1, -0.05) is 50.6 Å². The van der Waals surface area contributed by atoms with Gasteiger partial charge in [0, 0.05) is 19.4 Å². The molecule has 4 rings (SSSR count). The zero-order chi connectivity index (χ0) is 28.4. The van der Waals surface area contributed by atoms with Gasteiger partial charge in [-0.3, -0.25) is 19.4 Å². The van der Waals surface area contributed by atoms with Gasteiger partial charge in [0.1, 0.15) is 11.7 Å². The number of fused-ring (bicyclic) bond motifs is 1. The van der Waals surface area contributed by atoms with E-state index in [4.69, 9.17) is 9.31 Å². The maximum atomic E-state index is 14.0. The summed E-state index contributed by atoms with van der Waals surface area (Å²) >= 11 is 0. The van der Waals surface area contributed by atoms with Crippen molar-refractivity contribution >= 4 is 30.3 Å². The summed E-state index contributed by atoms with van der Waals surface area (Å²) in [4.78, 5) is 60.8. The molecule has 6 atom stereocenters. The molecule has 1 N–H and O–H groups in total. The number of rotatable bonds is 10. The summed E-state index contributed by atoms with van der Waals surface area (Å²) in [5, 5.41) is 2.84. The number of carbonyl (C=O) groups is 4. The van der Waals surface area contributed by atoms with Crippen LogP contribution in [-0.4, -0.2) is 69.9 Å². The normalized spacial score (nSPS) is 27.7. The Morgan fingerprint density at radius 1 is 1.13 bits per heavy atom. The number of hydrogen-bond donors (Lipinski definition) is 1. The van der Waals surface area contributed by atoms with E-state index in [-0.39, 0.29) is 47.1 Å². The van der Waals surface area contributed by atoms with Crippen LogP contribution < -0.4 is 5.32 Å². The van der Waals surface area contributed by atoms with E-state index < -0.39 is 42.4 Å². The molecule has 39 heavy (non-hydrogen) atoms. The van der Waals surface area contributed by atoms with Crippen LogP contribution in [0.25, 0.3) is 0 Å². The Balaban J connectivity index is 1.69. The molecule has 2 aliphatic heterocycles. The van der Waals surface area contributed by atoms with E-state index in [1.807, 2.05) is 58.2 Å². The van der Waals surface area contributed by atoms with Crippen LogP contribution in [0.4, 0.5) is 0 Å². The molecule has 2 aliphatic rings. The standard InChI is InChI=1S/C28H37BN4O6/c1-18(2)13-22(29-33(5,20(4)28(37)39-29)19(3)14-26(35)38-29)16-25(34)23(15-21-9-7-6-8-10-21)32-27(36)24-17-30-11-12-31-24/h6-12,17-20,22-23H,13-16H2,1-5H3,(H,32,36)/t19-,20+,22+,23-,29?,33?/m0/s1. The van der Waals surface area contributed by atoms with Crippen molar-refractivity contribution in [3.05, 3.63) is 60.2 Å². The summed E-state index contributed by atoms with van der Waals surface area (Å²) < 4.78 is 12.2. The third kappa shape index (κ3) is 5.45. The van der Waals surface area contributed by atoms with Crippen molar-refractivity contribution in [2.24, 2.45) is 5.92 Å². The van der Waals surface area contributed by atoms with E-state index in [0.29, 0.717) is 6.42 Å². The van der Waals surface area contributed by atoms with E-state index in [0.717, 1.165) is 5.56 Å². The number of quaternary nitrogens is 1. The number of hydrogen-bond acceptors (Lipinski definition) is 8. The SMILES string of the molecule is CC(C)C[C@H](CC(=O)[C@H](Cc1ccccc1)NC(=O)c1cnccn1)[B-]12OC(=O)C[C@H](C)[N+]1(C)[C@H](C)C(=O)O2. The first-order valence-corrected chi connectivity index (χ1v) is 13.6. The second-order valence-corrected chi connectivity index (χ2v) is 11.5. The summed E-state index contributed by atoms with van der Waals surface area (Å²) in [6, 6.07) is 7.75. The Bertz CT molecular complexity index is 1230. The second kappa shape index (κ2) is 11.3. The molecule has 1 aromatic heterocycles. The van der Waals surface area contributed by atoms with Crippen LogP contribution in [0.1, 0.15) is 63.0 Å². The highest BCUT2D eigenvalue weighted by atomic mass is 16.7. The number of carbonyl (C=O) groups excluding carboxylic acids is 4. The molecule has 0 bridgehead atoms. The molecule has 3 heterocycles. The Labute approximate surface area is 229 Å². The Kier molecular flexibility index (Phi) is 8.20. The minimum atomic E-state index is -2.53. The van der Waals surface area contributed by atoms with Gasteiger partial charge < -0.3 is 19.0 Å². The highest BCUT2D eigenvalue weighted by molar-refractivity contribution is 6.67. The predicted molar refractivity (Wildman–Crippen MR) is 144 cm³/mol. The lowest BCUT2D eigenvalue weighted by atomic mass is 9.49. The van der Waals surface area contributed by atoms with Gasteiger partial charge in [-0.25, -0.2) is 9.78 Å².